The Morgan fingerprint density at radius 1 is 1.17 bits per heavy atom. The van der Waals surface area contributed by atoms with Crippen molar-refractivity contribution < 1.29 is 0 Å². The molecule has 0 bridgehead atoms. The largest absolute Gasteiger partial charge is 0.322 e. The molecule has 0 saturated heterocycles. The van der Waals surface area contributed by atoms with Crippen molar-refractivity contribution in [3.05, 3.63) is 64.4 Å². The van der Waals surface area contributed by atoms with E-state index in [1.165, 1.54) is 0 Å². The lowest BCUT2D eigenvalue weighted by molar-refractivity contribution is 0.689. The Kier molecular flexibility index (Phi) is 4.64. The third kappa shape index (κ3) is 3.09. The zero-order chi connectivity index (χ0) is 16.2. The molecule has 0 aliphatic rings. The Balaban J connectivity index is 2.15. The van der Waals surface area contributed by atoms with Crippen LogP contribution in [0.4, 0.5) is 0 Å². The van der Waals surface area contributed by atoms with Gasteiger partial charge in [0.25, 0.3) is 0 Å². The average Bonchev–Trinajstić information content (AvgIpc) is 2.92. The maximum absolute atomic E-state index is 9.45. The fourth-order valence-electron chi connectivity index (χ4n) is 2.82. The molecule has 4 heteroatoms. The van der Waals surface area contributed by atoms with Crippen molar-refractivity contribution in [1.29, 1.82) is 5.26 Å². The number of nitriles is 1. The highest BCUT2D eigenvalue weighted by Crippen LogP contribution is 2.25. The lowest BCUT2D eigenvalue weighted by Gasteiger charge is -2.11. The van der Waals surface area contributed by atoms with Crippen LogP contribution in [-0.4, -0.2) is 9.55 Å². The van der Waals surface area contributed by atoms with E-state index in [4.69, 9.17) is 16.6 Å². The second-order valence-electron chi connectivity index (χ2n) is 5.59. The molecule has 2 aromatic carbocycles. The summed E-state index contributed by atoms with van der Waals surface area (Å²) in [5, 5.41) is 10.2. The highest BCUT2D eigenvalue weighted by Gasteiger charge is 2.15. The first-order valence-corrected chi connectivity index (χ1v) is 8.24. The van der Waals surface area contributed by atoms with Crippen LogP contribution in [0.5, 0.6) is 0 Å². The smallest absolute Gasteiger partial charge is 0.110 e. The van der Waals surface area contributed by atoms with Gasteiger partial charge in [-0.05, 0) is 30.2 Å². The van der Waals surface area contributed by atoms with E-state index in [-0.39, 0.29) is 0 Å². The number of hydrogen-bond donors (Lipinski definition) is 0. The molecule has 3 nitrogen and oxygen atoms in total. The predicted octanol–water partition coefficient (Wildman–Crippen LogP) is 4.95. The quantitative estimate of drug-likeness (QED) is 0.666. The molecule has 0 radical (unpaired) electrons. The van der Waals surface area contributed by atoms with Gasteiger partial charge >= 0.3 is 0 Å². The van der Waals surface area contributed by atoms with Crippen molar-refractivity contribution in [2.75, 3.05) is 0 Å². The summed E-state index contributed by atoms with van der Waals surface area (Å²) in [6, 6.07) is 15.8. The molecule has 3 rings (SSSR count). The molecule has 3 aromatic rings. The molecule has 1 aromatic heterocycles. The summed E-state index contributed by atoms with van der Waals surface area (Å²) < 4.78 is 2.14. The minimum Gasteiger partial charge on any atom is -0.322 e. The van der Waals surface area contributed by atoms with E-state index in [0.29, 0.717) is 12.1 Å². The molecule has 0 saturated carbocycles. The third-order valence-electron chi connectivity index (χ3n) is 4.01. The topological polar surface area (TPSA) is 41.6 Å². The Morgan fingerprint density at radius 2 is 2.00 bits per heavy atom. The Bertz CT molecular complexity index is 874. The van der Waals surface area contributed by atoms with Gasteiger partial charge in [0, 0.05) is 11.4 Å². The maximum Gasteiger partial charge on any atom is 0.110 e. The highest BCUT2D eigenvalue weighted by molar-refractivity contribution is 6.31. The van der Waals surface area contributed by atoms with Crippen molar-refractivity contribution in [2.45, 2.75) is 32.7 Å². The van der Waals surface area contributed by atoms with Gasteiger partial charge < -0.3 is 4.57 Å². The molecule has 0 unspecified atom stereocenters. The summed E-state index contributed by atoms with van der Waals surface area (Å²) in [5.41, 5.74) is 3.48. The number of aromatic nitrogens is 2. The molecule has 0 atom stereocenters. The van der Waals surface area contributed by atoms with Gasteiger partial charge in [-0.1, -0.05) is 49.2 Å². The van der Waals surface area contributed by atoms with Gasteiger partial charge in [0.15, 0.2) is 0 Å². The van der Waals surface area contributed by atoms with E-state index in [1.54, 1.807) is 0 Å². The molecule has 0 fully saturated rings. The van der Waals surface area contributed by atoms with Gasteiger partial charge in [-0.2, -0.15) is 5.26 Å². The van der Waals surface area contributed by atoms with Gasteiger partial charge in [0.2, 0.25) is 0 Å². The molecule has 0 aliphatic carbocycles. The number of benzene rings is 2. The SMILES string of the molecule is CCCCc1nc2cccc(C#N)c2n1Cc1ccccc1Cl. The Hall–Kier alpha value is -2.31. The summed E-state index contributed by atoms with van der Waals surface area (Å²) in [6.07, 6.45) is 3.09. The molecule has 23 heavy (non-hydrogen) atoms. The second-order valence-corrected chi connectivity index (χ2v) is 6.00. The van der Waals surface area contributed by atoms with Crippen LogP contribution >= 0.6 is 11.6 Å². The number of halogens is 1. The zero-order valence-corrected chi connectivity index (χ0v) is 13.8. The van der Waals surface area contributed by atoms with Crippen molar-refractivity contribution in [3.63, 3.8) is 0 Å². The zero-order valence-electron chi connectivity index (χ0n) is 13.1. The molecular formula is C19H18ClN3. The van der Waals surface area contributed by atoms with Crippen LogP contribution in [0.1, 0.15) is 36.7 Å². The minimum atomic E-state index is 0.633. The predicted molar refractivity (Wildman–Crippen MR) is 93.6 cm³/mol. The van der Waals surface area contributed by atoms with Gasteiger partial charge in [-0.3, -0.25) is 0 Å². The van der Waals surface area contributed by atoms with E-state index in [2.05, 4.69) is 17.6 Å². The number of rotatable bonds is 5. The number of hydrogen-bond acceptors (Lipinski definition) is 2. The summed E-state index contributed by atoms with van der Waals surface area (Å²) in [7, 11) is 0. The summed E-state index contributed by atoms with van der Waals surface area (Å²) in [6.45, 7) is 2.80. The van der Waals surface area contributed by atoms with Crippen LogP contribution in [0.25, 0.3) is 11.0 Å². The van der Waals surface area contributed by atoms with E-state index in [1.807, 2.05) is 42.5 Å². The number of nitrogens with zero attached hydrogens (tertiary/aromatic N) is 3. The van der Waals surface area contributed by atoms with Gasteiger partial charge in [-0.25, -0.2) is 4.98 Å². The number of imidazole rings is 1. The Labute approximate surface area is 141 Å². The fourth-order valence-corrected chi connectivity index (χ4v) is 3.01. The van der Waals surface area contributed by atoms with Gasteiger partial charge in [0.05, 0.1) is 23.1 Å². The molecule has 1 heterocycles. The first-order valence-electron chi connectivity index (χ1n) is 7.86. The Morgan fingerprint density at radius 3 is 2.74 bits per heavy atom. The van der Waals surface area contributed by atoms with Crippen molar-refractivity contribution in [2.24, 2.45) is 0 Å². The van der Waals surface area contributed by atoms with Crippen LogP contribution in [-0.2, 0) is 13.0 Å². The van der Waals surface area contributed by atoms with Crippen LogP contribution < -0.4 is 0 Å². The summed E-state index contributed by atoms with van der Waals surface area (Å²) in [5.74, 6) is 1.02. The highest BCUT2D eigenvalue weighted by atomic mass is 35.5. The van der Waals surface area contributed by atoms with Gasteiger partial charge in [0.1, 0.15) is 11.9 Å². The standard InChI is InChI=1S/C19H18ClN3/c1-2-3-11-18-22-17-10-6-8-14(12-21)19(17)23(18)13-15-7-4-5-9-16(15)20/h4-10H,2-3,11,13H2,1H3. The van der Waals surface area contributed by atoms with Crippen molar-refractivity contribution in [1.82, 2.24) is 9.55 Å². The number of aryl methyl sites for hydroxylation is 1. The van der Waals surface area contributed by atoms with E-state index in [0.717, 1.165) is 46.7 Å². The van der Waals surface area contributed by atoms with E-state index < -0.39 is 0 Å². The molecule has 0 aliphatic heterocycles. The fraction of sp³-hybridized carbons (Fsp3) is 0.263. The number of unbranched alkanes of at least 4 members (excludes halogenated alkanes) is 1. The van der Waals surface area contributed by atoms with Crippen LogP contribution in [0.3, 0.4) is 0 Å². The van der Waals surface area contributed by atoms with Crippen LogP contribution in [0.15, 0.2) is 42.5 Å². The average molecular weight is 324 g/mol. The summed E-state index contributed by atoms with van der Waals surface area (Å²) in [4.78, 5) is 4.75. The maximum atomic E-state index is 9.45. The molecular weight excluding hydrogens is 306 g/mol. The first-order chi connectivity index (χ1) is 11.2. The molecule has 0 amide bonds. The van der Waals surface area contributed by atoms with Crippen LogP contribution in [0, 0.1) is 11.3 Å². The first kappa shape index (κ1) is 15.6. The van der Waals surface area contributed by atoms with Crippen molar-refractivity contribution >= 4 is 22.6 Å². The van der Waals surface area contributed by atoms with Crippen LogP contribution in [0.2, 0.25) is 5.02 Å². The number of fused-ring (bicyclic) bond motifs is 1. The number of para-hydroxylation sites is 1. The lowest BCUT2D eigenvalue weighted by atomic mass is 10.1. The van der Waals surface area contributed by atoms with Crippen molar-refractivity contribution in [3.8, 4) is 6.07 Å². The minimum absolute atomic E-state index is 0.633. The van der Waals surface area contributed by atoms with E-state index in [9.17, 15) is 5.26 Å². The summed E-state index contributed by atoms with van der Waals surface area (Å²) >= 11 is 6.32. The third-order valence-corrected chi connectivity index (χ3v) is 4.38. The van der Waals surface area contributed by atoms with E-state index >= 15 is 0 Å². The van der Waals surface area contributed by atoms with Gasteiger partial charge in [-0.15, -0.1) is 0 Å². The monoisotopic (exact) mass is 323 g/mol. The lowest BCUT2D eigenvalue weighted by Crippen LogP contribution is -2.06. The normalized spacial score (nSPS) is 10.8. The molecule has 116 valence electrons. The molecule has 0 N–H and O–H groups in total. The second kappa shape index (κ2) is 6.85. The molecule has 0 spiro atoms.